The maximum absolute atomic E-state index is 13.6. The summed E-state index contributed by atoms with van der Waals surface area (Å²) in [5.74, 6) is -0.541. The van der Waals surface area contributed by atoms with E-state index in [0.29, 0.717) is 18.2 Å². The highest BCUT2D eigenvalue weighted by Crippen LogP contribution is 2.53. The number of nitrogens with one attached hydrogen (secondary N) is 1. The number of hydrogen-bond acceptors (Lipinski definition) is 8. The molecule has 2 bridgehead atoms. The van der Waals surface area contributed by atoms with Gasteiger partial charge in [-0.2, -0.15) is 0 Å². The molecule has 3 fully saturated rings. The van der Waals surface area contributed by atoms with Crippen LogP contribution in [0.5, 0.6) is 5.75 Å². The second-order valence-corrected chi connectivity index (χ2v) is 9.91. The third kappa shape index (κ3) is 3.43. The molecule has 174 valence electrons. The number of benzene rings is 1. The normalized spacial score (nSPS) is 30.9. The first-order chi connectivity index (χ1) is 16.1. The summed E-state index contributed by atoms with van der Waals surface area (Å²) in [4.78, 5) is 35.3. The standard InChI is InChI=1S/C23H26N4O5S/c1-30-14-2-3-17-15(12-14)25-22(33-17)27-13-23-5-4-16(32-23)18(19(23)21(27)29)20(28)24-6-7-26-8-10-31-11-9-26/h2-5,12,16,18-19H,6-11,13H2,1H3,(H,24,28)/t16-,18?,19?,23+/m1/s1. The number of hydrogen-bond donors (Lipinski definition) is 1. The minimum absolute atomic E-state index is 0.0961. The molecule has 4 aliphatic heterocycles. The van der Waals surface area contributed by atoms with Crippen molar-refractivity contribution in [2.75, 3.05) is 57.9 Å². The van der Waals surface area contributed by atoms with Crippen LogP contribution in [0.1, 0.15) is 0 Å². The number of nitrogens with zero attached hydrogens (tertiary/aromatic N) is 3. The maximum atomic E-state index is 13.6. The summed E-state index contributed by atoms with van der Waals surface area (Å²) in [6.45, 7) is 4.90. The number of thiazole rings is 1. The monoisotopic (exact) mass is 470 g/mol. The fraction of sp³-hybridized carbons (Fsp3) is 0.522. The number of methoxy groups -OCH3 is 1. The average Bonchev–Trinajstić information content (AvgIpc) is 3.58. The van der Waals surface area contributed by atoms with Gasteiger partial charge >= 0.3 is 0 Å². The van der Waals surface area contributed by atoms with Crippen molar-refractivity contribution in [2.45, 2.75) is 11.7 Å². The predicted molar refractivity (Wildman–Crippen MR) is 123 cm³/mol. The molecule has 3 saturated heterocycles. The highest BCUT2D eigenvalue weighted by atomic mass is 32.1. The van der Waals surface area contributed by atoms with Crippen LogP contribution < -0.4 is 15.0 Å². The molecule has 2 unspecified atom stereocenters. The summed E-state index contributed by atoms with van der Waals surface area (Å²) in [6.07, 6.45) is 3.54. The highest BCUT2D eigenvalue weighted by molar-refractivity contribution is 7.22. The molecule has 9 nitrogen and oxygen atoms in total. The molecule has 1 spiro atoms. The number of morpholine rings is 1. The van der Waals surface area contributed by atoms with Crippen LogP contribution in [0.15, 0.2) is 30.4 Å². The number of anilines is 1. The van der Waals surface area contributed by atoms with E-state index in [4.69, 9.17) is 14.2 Å². The lowest BCUT2D eigenvalue weighted by Crippen LogP contribution is -2.46. The zero-order valence-electron chi connectivity index (χ0n) is 18.4. The molecule has 1 aromatic carbocycles. The van der Waals surface area contributed by atoms with E-state index in [0.717, 1.165) is 48.8 Å². The summed E-state index contributed by atoms with van der Waals surface area (Å²) in [5.41, 5.74) is 0.0265. The molecule has 1 N–H and O–H groups in total. The van der Waals surface area contributed by atoms with Crippen LogP contribution >= 0.6 is 11.3 Å². The molecule has 33 heavy (non-hydrogen) atoms. The number of aromatic nitrogens is 1. The Morgan fingerprint density at radius 1 is 1.36 bits per heavy atom. The Morgan fingerprint density at radius 2 is 2.21 bits per heavy atom. The van der Waals surface area contributed by atoms with Crippen molar-refractivity contribution >= 4 is 38.5 Å². The van der Waals surface area contributed by atoms with Crippen LogP contribution in [0.25, 0.3) is 10.2 Å². The van der Waals surface area contributed by atoms with Crippen molar-refractivity contribution in [2.24, 2.45) is 11.8 Å². The summed E-state index contributed by atoms with van der Waals surface area (Å²) in [7, 11) is 1.62. The van der Waals surface area contributed by atoms with E-state index in [2.05, 4.69) is 15.2 Å². The van der Waals surface area contributed by atoms with Gasteiger partial charge in [0.15, 0.2) is 5.13 Å². The Bertz CT molecular complexity index is 1130. The molecular weight excluding hydrogens is 444 g/mol. The third-order valence-corrected chi connectivity index (χ3v) is 8.11. The topological polar surface area (TPSA) is 93.2 Å². The molecule has 4 atom stereocenters. The van der Waals surface area contributed by atoms with Gasteiger partial charge < -0.3 is 19.5 Å². The summed E-state index contributed by atoms with van der Waals surface area (Å²) >= 11 is 1.46. The van der Waals surface area contributed by atoms with Gasteiger partial charge in [0.05, 0.1) is 55.0 Å². The quantitative estimate of drug-likeness (QED) is 0.631. The number of ether oxygens (including phenoxy) is 3. The largest absolute Gasteiger partial charge is 0.497 e. The second kappa shape index (κ2) is 8.05. The Hall–Kier alpha value is -2.53. The fourth-order valence-corrected chi connectivity index (χ4v) is 6.33. The third-order valence-electron chi connectivity index (χ3n) is 7.05. The molecule has 1 aromatic heterocycles. The van der Waals surface area contributed by atoms with E-state index >= 15 is 0 Å². The molecule has 0 aliphatic carbocycles. The van der Waals surface area contributed by atoms with Crippen molar-refractivity contribution in [3.05, 3.63) is 30.4 Å². The Labute approximate surface area is 195 Å². The number of amides is 2. The molecule has 6 rings (SSSR count). The number of fused-ring (bicyclic) bond motifs is 2. The van der Waals surface area contributed by atoms with Gasteiger partial charge in [0.25, 0.3) is 0 Å². The van der Waals surface area contributed by atoms with E-state index < -0.39 is 17.4 Å². The molecule has 0 saturated carbocycles. The average molecular weight is 471 g/mol. The summed E-state index contributed by atoms with van der Waals surface area (Å²) in [6, 6.07) is 5.69. The predicted octanol–water partition coefficient (Wildman–Crippen LogP) is 1.04. The minimum Gasteiger partial charge on any atom is -0.497 e. The van der Waals surface area contributed by atoms with Gasteiger partial charge in [-0.15, -0.1) is 0 Å². The first-order valence-electron chi connectivity index (χ1n) is 11.3. The first kappa shape index (κ1) is 21.0. The smallest absolute Gasteiger partial charge is 0.236 e. The van der Waals surface area contributed by atoms with Crippen LogP contribution in [0, 0.1) is 11.8 Å². The zero-order valence-corrected chi connectivity index (χ0v) is 19.2. The molecule has 4 aliphatic rings. The van der Waals surface area contributed by atoms with E-state index in [-0.39, 0.29) is 17.9 Å². The van der Waals surface area contributed by atoms with Gasteiger partial charge in [0.1, 0.15) is 11.4 Å². The van der Waals surface area contributed by atoms with Crippen molar-refractivity contribution in [3.63, 3.8) is 0 Å². The summed E-state index contributed by atoms with van der Waals surface area (Å²) in [5, 5.41) is 3.67. The molecule has 0 radical (unpaired) electrons. The van der Waals surface area contributed by atoms with Crippen molar-refractivity contribution in [1.29, 1.82) is 0 Å². The van der Waals surface area contributed by atoms with Gasteiger partial charge in [-0.3, -0.25) is 19.4 Å². The fourth-order valence-electron chi connectivity index (χ4n) is 5.38. The molecule has 2 aromatic rings. The first-order valence-corrected chi connectivity index (χ1v) is 12.1. The zero-order chi connectivity index (χ0) is 22.6. The van der Waals surface area contributed by atoms with Crippen molar-refractivity contribution in [1.82, 2.24) is 15.2 Å². The Kier molecular flexibility index (Phi) is 5.13. The van der Waals surface area contributed by atoms with Crippen LogP contribution in [0.2, 0.25) is 0 Å². The van der Waals surface area contributed by atoms with E-state index in [9.17, 15) is 9.59 Å². The number of carbonyl (C=O) groups excluding carboxylic acids is 2. The number of carbonyl (C=O) groups is 2. The van der Waals surface area contributed by atoms with Crippen LogP contribution in [-0.2, 0) is 19.1 Å². The van der Waals surface area contributed by atoms with Gasteiger partial charge in [0.2, 0.25) is 11.8 Å². The lowest BCUT2D eigenvalue weighted by molar-refractivity contribution is -0.132. The Balaban J connectivity index is 1.19. The Morgan fingerprint density at radius 3 is 3.03 bits per heavy atom. The minimum atomic E-state index is -0.760. The molecule has 5 heterocycles. The lowest BCUT2D eigenvalue weighted by Gasteiger charge is -2.27. The lowest BCUT2D eigenvalue weighted by atomic mass is 9.77. The van der Waals surface area contributed by atoms with Gasteiger partial charge in [-0.1, -0.05) is 23.5 Å². The molecule has 2 amide bonds. The van der Waals surface area contributed by atoms with E-state index in [1.54, 1.807) is 12.0 Å². The SMILES string of the molecule is COc1ccc2sc(N3C[C@]45C=C[C@@H](O4)C(C(=O)NCCN4CCOCC4)C5C3=O)nc2c1. The molecule has 10 heteroatoms. The van der Waals surface area contributed by atoms with Gasteiger partial charge in [-0.25, -0.2) is 4.98 Å². The highest BCUT2D eigenvalue weighted by Gasteiger charge is 2.67. The van der Waals surface area contributed by atoms with E-state index in [1.807, 2.05) is 30.4 Å². The van der Waals surface area contributed by atoms with Crippen LogP contribution in [0.4, 0.5) is 5.13 Å². The van der Waals surface area contributed by atoms with E-state index in [1.165, 1.54) is 11.3 Å². The summed E-state index contributed by atoms with van der Waals surface area (Å²) < 4.78 is 17.9. The second-order valence-electron chi connectivity index (χ2n) is 8.90. The van der Waals surface area contributed by atoms with Crippen molar-refractivity contribution in [3.8, 4) is 5.75 Å². The van der Waals surface area contributed by atoms with Gasteiger partial charge in [0, 0.05) is 32.2 Å². The maximum Gasteiger partial charge on any atom is 0.236 e. The number of rotatable bonds is 6. The van der Waals surface area contributed by atoms with Gasteiger partial charge in [-0.05, 0) is 12.1 Å². The van der Waals surface area contributed by atoms with Crippen LogP contribution in [-0.4, -0.2) is 86.5 Å². The van der Waals surface area contributed by atoms with Crippen molar-refractivity contribution < 1.29 is 23.8 Å². The molecular formula is C23H26N4O5S. The van der Waals surface area contributed by atoms with Crippen LogP contribution in [0.3, 0.4) is 0 Å².